The molecule has 0 radical (unpaired) electrons. The van der Waals surface area contributed by atoms with Crippen molar-refractivity contribution in [2.45, 2.75) is 45.3 Å². The monoisotopic (exact) mass is 382 g/mol. The fraction of sp³-hybridized carbons (Fsp3) is 0.500. The van der Waals surface area contributed by atoms with E-state index in [0.29, 0.717) is 16.5 Å². The highest BCUT2D eigenvalue weighted by atomic mass is 19.4. The zero-order chi connectivity index (χ0) is 19.5. The van der Waals surface area contributed by atoms with Crippen molar-refractivity contribution < 1.29 is 35.9 Å². The quantitative estimate of drug-likeness (QED) is 0.397. The van der Waals surface area contributed by atoms with Gasteiger partial charge in [0, 0.05) is 12.3 Å². The lowest BCUT2D eigenvalue weighted by atomic mass is 10.1. The molecular weight excluding hydrogens is 366 g/mol. The number of aryl methyl sites for hydroxylation is 1. The Morgan fingerprint density at radius 3 is 2.35 bits per heavy atom. The Kier molecular flexibility index (Phi) is 5.94. The first kappa shape index (κ1) is 20.2. The summed E-state index contributed by atoms with van der Waals surface area (Å²) in [7, 11) is 0. The van der Waals surface area contributed by atoms with Gasteiger partial charge in [-0.2, -0.15) is 31.4 Å². The van der Waals surface area contributed by atoms with Crippen LogP contribution in [0.25, 0.3) is 10.9 Å². The van der Waals surface area contributed by atoms with Crippen LogP contribution in [-0.2, 0) is 17.9 Å². The van der Waals surface area contributed by atoms with Gasteiger partial charge >= 0.3 is 12.4 Å². The second kappa shape index (κ2) is 7.65. The van der Waals surface area contributed by atoms with Crippen molar-refractivity contribution in [1.82, 2.24) is 9.78 Å². The van der Waals surface area contributed by atoms with E-state index in [1.165, 1.54) is 25.1 Å². The maximum atomic E-state index is 12.5. The average molecular weight is 382 g/mol. The largest absolute Gasteiger partial charge is 0.391 e. The van der Waals surface area contributed by atoms with Gasteiger partial charge in [-0.25, -0.2) is 0 Å². The lowest BCUT2D eigenvalue weighted by Crippen LogP contribution is -2.13. The predicted octanol–water partition coefficient (Wildman–Crippen LogP) is 4.66. The molecular formula is C16H16F6N2O2. The van der Waals surface area contributed by atoms with Crippen LogP contribution in [0.15, 0.2) is 18.2 Å². The van der Waals surface area contributed by atoms with E-state index in [2.05, 4.69) is 5.10 Å². The Morgan fingerprint density at radius 1 is 1.12 bits per heavy atom. The summed E-state index contributed by atoms with van der Waals surface area (Å²) < 4.78 is 79.7. The molecule has 2 rings (SSSR count). The smallest absolute Gasteiger partial charge is 0.376 e. The highest BCUT2D eigenvalue weighted by Gasteiger charge is 2.28. The molecule has 0 bridgehead atoms. The Labute approximate surface area is 144 Å². The summed E-state index contributed by atoms with van der Waals surface area (Å²) in [5, 5.41) is 4.33. The van der Waals surface area contributed by atoms with E-state index in [-0.39, 0.29) is 12.3 Å². The maximum absolute atomic E-state index is 12.5. The number of fused-ring (bicyclic) bond motifs is 1. The summed E-state index contributed by atoms with van der Waals surface area (Å²) >= 11 is 0. The summed E-state index contributed by atoms with van der Waals surface area (Å²) in [6, 6.07) is 4.52. The molecule has 26 heavy (non-hydrogen) atoms. The van der Waals surface area contributed by atoms with E-state index >= 15 is 0 Å². The number of alkyl halides is 6. The van der Waals surface area contributed by atoms with Gasteiger partial charge in [0.15, 0.2) is 5.78 Å². The molecule has 0 saturated carbocycles. The number of ketones is 1. The zero-order valence-electron chi connectivity index (χ0n) is 13.7. The van der Waals surface area contributed by atoms with Crippen molar-refractivity contribution in [3.8, 4) is 0 Å². The van der Waals surface area contributed by atoms with Gasteiger partial charge in [0.1, 0.15) is 5.69 Å². The number of nitrogens with zero attached hydrogens (tertiary/aromatic N) is 2. The summed E-state index contributed by atoms with van der Waals surface area (Å²) in [6.07, 6.45) is -10.9. The number of halogens is 6. The van der Waals surface area contributed by atoms with Crippen molar-refractivity contribution in [2.24, 2.45) is 0 Å². The molecule has 144 valence electrons. The number of hydrogen-bond donors (Lipinski definition) is 0. The fourth-order valence-electron chi connectivity index (χ4n) is 2.35. The van der Waals surface area contributed by atoms with E-state index in [4.69, 9.17) is 4.74 Å². The van der Waals surface area contributed by atoms with Gasteiger partial charge in [-0.15, -0.1) is 0 Å². The molecule has 1 aromatic carbocycles. The van der Waals surface area contributed by atoms with Crippen molar-refractivity contribution in [2.75, 3.05) is 6.61 Å². The normalized spacial score (nSPS) is 12.7. The lowest BCUT2D eigenvalue weighted by Gasteiger charge is -2.09. The molecule has 0 spiro atoms. The van der Waals surface area contributed by atoms with Gasteiger partial charge in [-0.3, -0.25) is 9.48 Å². The minimum absolute atomic E-state index is 0.0479. The standard InChI is InChI=1S/C16H16F6N2O2/c1-10(25)14-12-3-2-11(9-26-7-5-16(20,21)22)8-13(12)24(23-14)6-4-15(17,18)19/h2-3,8H,4-7,9H2,1H3. The van der Waals surface area contributed by atoms with E-state index in [0.717, 1.165) is 4.68 Å². The van der Waals surface area contributed by atoms with Gasteiger partial charge in [-0.1, -0.05) is 12.1 Å². The highest BCUT2D eigenvalue weighted by molar-refractivity contribution is 6.04. The van der Waals surface area contributed by atoms with Crippen LogP contribution in [0.2, 0.25) is 0 Å². The first-order chi connectivity index (χ1) is 12.0. The summed E-state index contributed by atoms with van der Waals surface area (Å²) in [4.78, 5) is 11.6. The van der Waals surface area contributed by atoms with Gasteiger partial charge in [0.25, 0.3) is 0 Å². The maximum Gasteiger partial charge on any atom is 0.391 e. The second-order valence-corrected chi connectivity index (χ2v) is 5.76. The molecule has 10 heteroatoms. The van der Waals surface area contributed by atoms with Crippen molar-refractivity contribution >= 4 is 16.7 Å². The number of Topliss-reactive ketones (excluding diaryl/α,β-unsaturated/α-hetero) is 1. The van der Waals surface area contributed by atoms with Crippen LogP contribution in [-0.4, -0.2) is 34.5 Å². The van der Waals surface area contributed by atoms with Crippen molar-refractivity contribution in [3.05, 3.63) is 29.5 Å². The van der Waals surface area contributed by atoms with Gasteiger partial charge in [0.2, 0.25) is 0 Å². The molecule has 2 aromatic rings. The van der Waals surface area contributed by atoms with Gasteiger partial charge in [0.05, 0.1) is 38.1 Å². The van der Waals surface area contributed by atoms with Crippen LogP contribution in [0, 0.1) is 0 Å². The molecule has 0 saturated heterocycles. The molecule has 0 aliphatic carbocycles. The third-order valence-corrected chi connectivity index (χ3v) is 3.56. The van der Waals surface area contributed by atoms with E-state index < -0.39 is 44.1 Å². The molecule has 0 amide bonds. The predicted molar refractivity (Wildman–Crippen MR) is 80.7 cm³/mol. The van der Waals surface area contributed by atoms with Gasteiger partial charge in [-0.05, 0) is 11.6 Å². The Morgan fingerprint density at radius 2 is 1.77 bits per heavy atom. The SMILES string of the molecule is CC(=O)c1nn(CCC(F)(F)F)c2cc(COCCC(F)(F)F)ccc12. The number of hydrogen-bond acceptors (Lipinski definition) is 3. The second-order valence-electron chi connectivity index (χ2n) is 5.76. The molecule has 1 heterocycles. The van der Waals surface area contributed by atoms with Crippen LogP contribution in [0.5, 0.6) is 0 Å². The number of benzene rings is 1. The van der Waals surface area contributed by atoms with E-state index in [1.54, 1.807) is 0 Å². The minimum Gasteiger partial charge on any atom is -0.376 e. The first-order valence-corrected chi connectivity index (χ1v) is 7.68. The molecule has 1 aromatic heterocycles. The number of carbonyl (C=O) groups excluding carboxylic acids is 1. The van der Waals surface area contributed by atoms with E-state index in [9.17, 15) is 31.1 Å². The third-order valence-electron chi connectivity index (χ3n) is 3.56. The molecule has 0 fully saturated rings. The lowest BCUT2D eigenvalue weighted by molar-refractivity contribution is -0.146. The molecule has 0 aliphatic rings. The summed E-state index contributed by atoms with van der Waals surface area (Å²) in [5.74, 6) is -0.394. The fourth-order valence-corrected chi connectivity index (χ4v) is 2.35. The average Bonchev–Trinajstić information content (AvgIpc) is 2.86. The molecule has 0 atom stereocenters. The molecule has 4 nitrogen and oxygen atoms in total. The number of aromatic nitrogens is 2. The highest BCUT2D eigenvalue weighted by Crippen LogP contribution is 2.25. The van der Waals surface area contributed by atoms with E-state index in [1.807, 2.05) is 0 Å². The van der Waals surface area contributed by atoms with Gasteiger partial charge < -0.3 is 4.74 Å². The van der Waals surface area contributed by atoms with Crippen LogP contribution in [0.4, 0.5) is 26.3 Å². The molecule has 0 unspecified atom stereocenters. The third kappa shape index (κ3) is 5.72. The number of rotatable bonds is 7. The summed E-state index contributed by atoms with van der Waals surface area (Å²) in [5.41, 5.74) is 0.825. The molecule has 0 N–H and O–H groups in total. The van der Waals surface area contributed by atoms with Crippen molar-refractivity contribution in [1.29, 1.82) is 0 Å². The molecule has 0 aliphatic heterocycles. The van der Waals surface area contributed by atoms with Crippen LogP contribution in [0.1, 0.15) is 35.8 Å². The first-order valence-electron chi connectivity index (χ1n) is 7.68. The van der Waals surface area contributed by atoms with Crippen LogP contribution >= 0.6 is 0 Å². The topological polar surface area (TPSA) is 44.1 Å². The van der Waals surface area contributed by atoms with Crippen molar-refractivity contribution in [3.63, 3.8) is 0 Å². The minimum atomic E-state index is -4.38. The number of ether oxygens (including phenoxy) is 1. The van der Waals surface area contributed by atoms with Crippen LogP contribution < -0.4 is 0 Å². The Bertz CT molecular complexity index is 779. The Hall–Kier alpha value is -2.10. The zero-order valence-corrected chi connectivity index (χ0v) is 13.7. The number of carbonyl (C=O) groups is 1. The van der Waals surface area contributed by atoms with Crippen LogP contribution in [0.3, 0.4) is 0 Å². The Balaban J connectivity index is 2.20. The summed E-state index contributed by atoms with van der Waals surface area (Å²) in [6.45, 7) is 0.134.